The number of nitrogens with two attached hydrogens (primary N) is 1. The van der Waals surface area contributed by atoms with Crippen molar-refractivity contribution < 1.29 is 8.42 Å². The summed E-state index contributed by atoms with van der Waals surface area (Å²) in [4.78, 5) is 10.7. The molecule has 0 amide bonds. The van der Waals surface area contributed by atoms with E-state index in [0.717, 1.165) is 11.1 Å². The number of pyridine rings is 1. The SMILES string of the molecule is Nc1c(Br)c(N2CCS(=O)(=O)CC2)nc2c(-c3ccncc3)cnn12. The summed E-state index contributed by atoms with van der Waals surface area (Å²) in [5, 5.41) is 4.33. The van der Waals surface area contributed by atoms with E-state index in [1.54, 1.807) is 23.1 Å². The van der Waals surface area contributed by atoms with Crippen LogP contribution in [0.4, 0.5) is 11.6 Å². The van der Waals surface area contributed by atoms with Gasteiger partial charge in [-0.1, -0.05) is 0 Å². The van der Waals surface area contributed by atoms with E-state index in [1.807, 2.05) is 17.0 Å². The van der Waals surface area contributed by atoms with E-state index in [1.165, 1.54) is 0 Å². The number of aromatic nitrogens is 4. The number of rotatable bonds is 2. The lowest BCUT2D eigenvalue weighted by atomic mass is 10.1. The molecule has 0 aliphatic carbocycles. The molecule has 0 saturated carbocycles. The lowest BCUT2D eigenvalue weighted by Gasteiger charge is -2.28. The number of halogens is 1. The Morgan fingerprint density at radius 2 is 1.84 bits per heavy atom. The molecule has 0 bridgehead atoms. The van der Waals surface area contributed by atoms with E-state index in [2.05, 4.69) is 26.0 Å². The average Bonchev–Trinajstić information content (AvgIpc) is 3.03. The fraction of sp³-hybridized carbons (Fsp3) is 0.267. The first-order chi connectivity index (χ1) is 12.0. The Kier molecular flexibility index (Phi) is 3.88. The first-order valence-electron chi connectivity index (χ1n) is 7.65. The number of hydrogen-bond donors (Lipinski definition) is 1. The van der Waals surface area contributed by atoms with Crippen molar-refractivity contribution in [3.8, 4) is 11.1 Å². The van der Waals surface area contributed by atoms with Crippen LogP contribution in [0, 0.1) is 0 Å². The topological polar surface area (TPSA) is 106 Å². The predicted molar refractivity (Wildman–Crippen MR) is 99.2 cm³/mol. The van der Waals surface area contributed by atoms with Crippen LogP contribution in [-0.4, -0.2) is 52.6 Å². The summed E-state index contributed by atoms with van der Waals surface area (Å²) in [6, 6.07) is 3.76. The first-order valence-corrected chi connectivity index (χ1v) is 10.3. The smallest absolute Gasteiger partial charge is 0.167 e. The van der Waals surface area contributed by atoms with E-state index in [4.69, 9.17) is 10.7 Å². The monoisotopic (exact) mass is 422 g/mol. The van der Waals surface area contributed by atoms with Crippen molar-refractivity contribution in [3.63, 3.8) is 0 Å². The molecule has 130 valence electrons. The van der Waals surface area contributed by atoms with Crippen LogP contribution in [0.1, 0.15) is 0 Å². The highest BCUT2D eigenvalue weighted by molar-refractivity contribution is 9.10. The van der Waals surface area contributed by atoms with Crippen LogP contribution in [0.25, 0.3) is 16.8 Å². The van der Waals surface area contributed by atoms with Gasteiger partial charge >= 0.3 is 0 Å². The number of anilines is 2. The van der Waals surface area contributed by atoms with Gasteiger partial charge in [0.1, 0.15) is 16.1 Å². The first kappa shape index (κ1) is 16.3. The van der Waals surface area contributed by atoms with E-state index in [-0.39, 0.29) is 11.5 Å². The van der Waals surface area contributed by atoms with Crippen molar-refractivity contribution in [2.45, 2.75) is 0 Å². The van der Waals surface area contributed by atoms with Gasteiger partial charge < -0.3 is 10.6 Å². The molecule has 0 spiro atoms. The third-order valence-electron chi connectivity index (χ3n) is 4.24. The quantitative estimate of drug-likeness (QED) is 0.664. The third kappa shape index (κ3) is 2.85. The van der Waals surface area contributed by atoms with Gasteiger partial charge in [-0.3, -0.25) is 4.98 Å². The van der Waals surface area contributed by atoms with Gasteiger partial charge in [0.05, 0.1) is 17.7 Å². The average molecular weight is 423 g/mol. The largest absolute Gasteiger partial charge is 0.383 e. The van der Waals surface area contributed by atoms with Crippen molar-refractivity contribution >= 4 is 43.1 Å². The molecule has 8 nitrogen and oxygen atoms in total. The summed E-state index contributed by atoms with van der Waals surface area (Å²) in [6.45, 7) is 0.782. The standard InChI is InChI=1S/C15H15BrN6O2S/c16-12-13(17)22-14(11(9-19-22)10-1-3-18-4-2-10)20-15(12)21-5-7-25(23,24)8-6-21/h1-4,9H,5-8,17H2. The number of nitrogens with zero attached hydrogens (tertiary/aromatic N) is 5. The Bertz CT molecular complexity index is 1040. The molecule has 1 aliphatic rings. The molecular formula is C15H15BrN6O2S. The van der Waals surface area contributed by atoms with Crippen LogP contribution in [0.2, 0.25) is 0 Å². The molecular weight excluding hydrogens is 408 g/mol. The number of nitrogen functional groups attached to an aromatic ring is 1. The Balaban J connectivity index is 1.84. The molecule has 0 aromatic carbocycles. The lowest BCUT2D eigenvalue weighted by Crippen LogP contribution is -2.41. The van der Waals surface area contributed by atoms with E-state index in [9.17, 15) is 8.42 Å². The second-order valence-electron chi connectivity index (χ2n) is 5.80. The molecule has 25 heavy (non-hydrogen) atoms. The minimum absolute atomic E-state index is 0.114. The van der Waals surface area contributed by atoms with Gasteiger partial charge in [-0.2, -0.15) is 9.61 Å². The summed E-state index contributed by atoms with van der Waals surface area (Å²) < 4.78 is 25.6. The fourth-order valence-electron chi connectivity index (χ4n) is 2.85. The molecule has 0 radical (unpaired) electrons. The zero-order valence-corrected chi connectivity index (χ0v) is 15.5. The summed E-state index contributed by atoms with van der Waals surface area (Å²) in [6.07, 6.45) is 5.12. The Labute approximate surface area is 152 Å². The predicted octanol–water partition coefficient (Wildman–Crippen LogP) is 1.37. The maximum absolute atomic E-state index is 11.7. The second kappa shape index (κ2) is 5.95. The molecule has 2 N–H and O–H groups in total. The van der Waals surface area contributed by atoms with Crippen molar-refractivity contribution in [2.24, 2.45) is 0 Å². The molecule has 0 unspecified atom stereocenters. The zero-order chi connectivity index (χ0) is 17.6. The highest BCUT2D eigenvalue weighted by Crippen LogP contribution is 2.34. The van der Waals surface area contributed by atoms with Crippen LogP contribution in [-0.2, 0) is 9.84 Å². The fourth-order valence-corrected chi connectivity index (χ4v) is 4.56. The highest BCUT2D eigenvalue weighted by atomic mass is 79.9. The third-order valence-corrected chi connectivity index (χ3v) is 6.61. The van der Waals surface area contributed by atoms with Crippen molar-refractivity contribution in [2.75, 3.05) is 35.2 Å². The summed E-state index contributed by atoms with van der Waals surface area (Å²) in [7, 11) is -2.97. The zero-order valence-electron chi connectivity index (χ0n) is 13.1. The Hall–Kier alpha value is -2.20. The van der Waals surface area contributed by atoms with Crippen LogP contribution < -0.4 is 10.6 Å². The molecule has 0 atom stereocenters. The van der Waals surface area contributed by atoms with Gasteiger partial charge in [-0.05, 0) is 33.6 Å². The van der Waals surface area contributed by atoms with Crippen molar-refractivity contribution in [3.05, 3.63) is 35.2 Å². The summed E-state index contributed by atoms with van der Waals surface area (Å²) in [5.41, 5.74) is 8.62. The van der Waals surface area contributed by atoms with Gasteiger partial charge in [0.2, 0.25) is 0 Å². The van der Waals surface area contributed by atoms with Crippen LogP contribution in [0.15, 0.2) is 35.2 Å². The normalized spacial score (nSPS) is 17.1. The van der Waals surface area contributed by atoms with Crippen LogP contribution >= 0.6 is 15.9 Å². The van der Waals surface area contributed by atoms with Crippen molar-refractivity contribution in [1.82, 2.24) is 19.6 Å². The van der Waals surface area contributed by atoms with Gasteiger partial charge in [0.15, 0.2) is 15.5 Å². The van der Waals surface area contributed by atoms with E-state index in [0.29, 0.717) is 34.8 Å². The maximum atomic E-state index is 11.7. The van der Waals surface area contributed by atoms with Crippen molar-refractivity contribution in [1.29, 1.82) is 0 Å². The Morgan fingerprint density at radius 3 is 2.52 bits per heavy atom. The molecule has 3 aromatic heterocycles. The van der Waals surface area contributed by atoms with Gasteiger partial charge in [0, 0.05) is 31.0 Å². The lowest BCUT2D eigenvalue weighted by molar-refractivity contribution is 0.586. The maximum Gasteiger partial charge on any atom is 0.167 e. The van der Waals surface area contributed by atoms with Crippen LogP contribution in [0.5, 0.6) is 0 Å². The Morgan fingerprint density at radius 1 is 1.16 bits per heavy atom. The number of hydrogen-bond acceptors (Lipinski definition) is 7. The van der Waals surface area contributed by atoms with E-state index >= 15 is 0 Å². The molecule has 4 heterocycles. The highest BCUT2D eigenvalue weighted by Gasteiger charge is 2.26. The molecule has 4 rings (SSSR count). The van der Waals surface area contributed by atoms with Gasteiger partial charge in [0.25, 0.3) is 0 Å². The molecule has 1 aliphatic heterocycles. The number of fused-ring (bicyclic) bond motifs is 1. The summed E-state index contributed by atoms with van der Waals surface area (Å²) in [5.74, 6) is 1.29. The minimum atomic E-state index is -2.97. The molecule has 1 fully saturated rings. The molecule has 10 heteroatoms. The molecule has 1 saturated heterocycles. The van der Waals surface area contributed by atoms with Gasteiger partial charge in [-0.15, -0.1) is 0 Å². The number of sulfone groups is 1. The summed E-state index contributed by atoms with van der Waals surface area (Å²) >= 11 is 3.48. The van der Waals surface area contributed by atoms with Gasteiger partial charge in [-0.25, -0.2) is 13.4 Å². The molecule has 3 aromatic rings. The van der Waals surface area contributed by atoms with E-state index < -0.39 is 9.84 Å². The minimum Gasteiger partial charge on any atom is -0.383 e. The second-order valence-corrected chi connectivity index (χ2v) is 8.90. The van der Waals surface area contributed by atoms with Crippen LogP contribution in [0.3, 0.4) is 0 Å².